The molecule has 1 aromatic carbocycles. The lowest BCUT2D eigenvalue weighted by Gasteiger charge is -2.10. The monoisotopic (exact) mass is 363 g/mol. The molecule has 0 aliphatic rings. The molecular weight excluding hydrogens is 351 g/mol. The van der Waals surface area contributed by atoms with E-state index in [4.69, 9.17) is 4.42 Å². The fourth-order valence-corrected chi connectivity index (χ4v) is 2.23. The van der Waals surface area contributed by atoms with Crippen LogP contribution in [0.2, 0.25) is 0 Å². The van der Waals surface area contributed by atoms with Gasteiger partial charge in [-0.15, -0.1) is 0 Å². The van der Waals surface area contributed by atoms with Crippen molar-refractivity contribution in [3.8, 4) is 11.5 Å². The number of alkyl halides is 3. The number of hydrogen-bond acceptors (Lipinski definition) is 4. The number of benzene rings is 1. The van der Waals surface area contributed by atoms with Gasteiger partial charge in [0.05, 0.1) is 18.2 Å². The van der Waals surface area contributed by atoms with Gasteiger partial charge in [0.1, 0.15) is 12.2 Å². The second-order valence-electron chi connectivity index (χ2n) is 5.34. The van der Waals surface area contributed by atoms with Crippen molar-refractivity contribution < 1.29 is 22.4 Å². The highest BCUT2D eigenvalue weighted by Crippen LogP contribution is 2.30. The SMILES string of the molecule is O=C(Cn1cnc(-c2ccco2)cc1=O)Nc1cccc(C(F)(F)F)c1. The van der Waals surface area contributed by atoms with E-state index in [9.17, 15) is 22.8 Å². The molecular formula is C17H12F3N3O3. The lowest BCUT2D eigenvalue weighted by Crippen LogP contribution is -2.27. The Balaban J connectivity index is 1.72. The number of aromatic nitrogens is 2. The summed E-state index contributed by atoms with van der Waals surface area (Å²) in [6.45, 7) is -0.388. The van der Waals surface area contributed by atoms with Crippen molar-refractivity contribution in [2.75, 3.05) is 5.32 Å². The largest absolute Gasteiger partial charge is 0.463 e. The highest BCUT2D eigenvalue weighted by atomic mass is 19.4. The lowest BCUT2D eigenvalue weighted by molar-refractivity contribution is -0.137. The molecule has 0 aliphatic heterocycles. The summed E-state index contributed by atoms with van der Waals surface area (Å²) < 4.78 is 44.2. The summed E-state index contributed by atoms with van der Waals surface area (Å²) in [5.41, 5.74) is -1.07. The smallest absolute Gasteiger partial charge is 0.416 e. The Kier molecular flexibility index (Phi) is 4.61. The van der Waals surface area contributed by atoms with E-state index in [0.29, 0.717) is 11.5 Å². The molecule has 26 heavy (non-hydrogen) atoms. The fourth-order valence-electron chi connectivity index (χ4n) is 2.23. The zero-order chi connectivity index (χ0) is 18.7. The van der Waals surface area contributed by atoms with Crippen LogP contribution in [0.4, 0.5) is 18.9 Å². The van der Waals surface area contributed by atoms with E-state index in [2.05, 4.69) is 10.3 Å². The normalized spacial score (nSPS) is 11.3. The molecule has 9 heteroatoms. The van der Waals surface area contributed by atoms with Gasteiger partial charge in [-0.2, -0.15) is 13.2 Å². The van der Waals surface area contributed by atoms with Crippen molar-refractivity contribution in [1.82, 2.24) is 9.55 Å². The van der Waals surface area contributed by atoms with E-state index in [1.165, 1.54) is 30.8 Å². The molecule has 0 spiro atoms. The zero-order valence-corrected chi connectivity index (χ0v) is 13.2. The van der Waals surface area contributed by atoms with Crippen LogP contribution in [-0.4, -0.2) is 15.5 Å². The molecule has 0 radical (unpaired) electrons. The van der Waals surface area contributed by atoms with Gasteiger partial charge in [-0.1, -0.05) is 6.07 Å². The van der Waals surface area contributed by atoms with Crippen LogP contribution >= 0.6 is 0 Å². The predicted molar refractivity (Wildman–Crippen MR) is 86.3 cm³/mol. The number of nitrogens with one attached hydrogen (secondary N) is 1. The Bertz CT molecular complexity index is 979. The molecule has 134 valence electrons. The number of halogens is 3. The van der Waals surface area contributed by atoms with E-state index >= 15 is 0 Å². The van der Waals surface area contributed by atoms with Gasteiger partial charge < -0.3 is 9.73 Å². The van der Waals surface area contributed by atoms with Crippen molar-refractivity contribution in [2.45, 2.75) is 12.7 Å². The molecule has 0 saturated carbocycles. The molecule has 2 aromatic heterocycles. The minimum absolute atomic E-state index is 0.0157. The molecule has 2 heterocycles. The van der Waals surface area contributed by atoms with Gasteiger partial charge in [-0.05, 0) is 30.3 Å². The summed E-state index contributed by atoms with van der Waals surface area (Å²) in [4.78, 5) is 28.1. The number of carbonyl (C=O) groups excluding carboxylic acids is 1. The molecule has 0 fully saturated rings. The van der Waals surface area contributed by atoms with Gasteiger partial charge in [0, 0.05) is 11.8 Å². The quantitative estimate of drug-likeness (QED) is 0.772. The maximum absolute atomic E-state index is 12.7. The first-order valence-electron chi connectivity index (χ1n) is 7.40. The van der Waals surface area contributed by atoms with Crippen LogP contribution in [0.25, 0.3) is 11.5 Å². The average molecular weight is 363 g/mol. The Hall–Kier alpha value is -3.36. The maximum atomic E-state index is 12.7. The summed E-state index contributed by atoms with van der Waals surface area (Å²) in [6.07, 6.45) is -1.90. The van der Waals surface area contributed by atoms with Gasteiger partial charge in [0.2, 0.25) is 5.91 Å². The molecule has 0 aliphatic carbocycles. The summed E-state index contributed by atoms with van der Waals surface area (Å²) in [6, 6.07) is 8.71. The molecule has 0 saturated heterocycles. The van der Waals surface area contributed by atoms with Crippen LogP contribution in [0.1, 0.15) is 5.56 Å². The van der Waals surface area contributed by atoms with Gasteiger partial charge in [0.15, 0.2) is 5.76 Å². The molecule has 1 amide bonds. The van der Waals surface area contributed by atoms with Crippen molar-refractivity contribution in [3.63, 3.8) is 0 Å². The number of furan rings is 1. The first kappa shape index (κ1) is 17.5. The van der Waals surface area contributed by atoms with Crippen molar-refractivity contribution in [2.24, 2.45) is 0 Å². The molecule has 0 unspecified atom stereocenters. The van der Waals surface area contributed by atoms with Gasteiger partial charge in [-0.3, -0.25) is 14.2 Å². The van der Waals surface area contributed by atoms with Crippen LogP contribution < -0.4 is 10.9 Å². The number of nitrogens with zero attached hydrogens (tertiary/aromatic N) is 2. The average Bonchev–Trinajstić information content (AvgIpc) is 3.10. The second-order valence-corrected chi connectivity index (χ2v) is 5.34. The third kappa shape index (κ3) is 4.00. The third-order valence-electron chi connectivity index (χ3n) is 3.44. The van der Waals surface area contributed by atoms with E-state index in [1.54, 1.807) is 12.1 Å². The van der Waals surface area contributed by atoms with Crippen LogP contribution in [-0.2, 0) is 17.5 Å². The minimum Gasteiger partial charge on any atom is -0.463 e. The van der Waals surface area contributed by atoms with Crippen LogP contribution in [0.15, 0.2) is 64.3 Å². The highest BCUT2D eigenvalue weighted by Gasteiger charge is 2.30. The van der Waals surface area contributed by atoms with Crippen LogP contribution in [0.5, 0.6) is 0 Å². The predicted octanol–water partition coefficient (Wildman–Crippen LogP) is 3.16. The van der Waals surface area contributed by atoms with Crippen molar-refractivity contribution in [3.05, 3.63) is 71.0 Å². The van der Waals surface area contributed by atoms with Gasteiger partial charge in [0.25, 0.3) is 5.56 Å². The lowest BCUT2D eigenvalue weighted by atomic mass is 10.2. The first-order chi connectivity index (χ1) is 12.3. The van der Waals surface area contributed by atoms with Crippen LogP contribution in [0.3, 0.4) is 0 Å². The summed E-state index contributed by atoms with van der Waals surface area (Å²) >= 11 is 0. The molecule has 3 rings (SSSR count). The summed E-state index contributed by atoms with van der Waals surface area (Å²) in [5.74, 6) is -0.248. The number of amides is 1. The number of hydrogen-bond donors (Lipinski definition) is 1. The Morgan fingerprint density at radius 3 is 2.65 bits per heavy atom. The fraction of sp³-hybridized carbons (Fsp3) is 0.118. The van der Waals surface area contributed by atoms with Gasteiger partial charge in [-0.25, -0.2) is 4.98 Å². The molecule has 6 nitrogen and oxygen atoms in total. The standard InChI is InChI=1S/C17H12F3N3O3/c18-17(19,20)11-3-1-4-12(7-11)22-15(24)9-23-10-21-13(8-16(23)25)14-5-2-6-26-14/h1-8,10H,9H2,(H,22,24). The van der Waals surface area contributed by atoms with Crippen molar-refractivity contribution in [1.29, 1.82) is 0 Å². The number of rotatable bonds is 4. The van der Waals surface area contributed by atoms with E-state index in [0.717, 1.165) is 16.7 Å². The Morgan fingerprint density at radius 1 is 1.19 bits per heavy atom. The Morgan fingerprint density at radius 2 is 2.00 bits per heavy atom. The van der Waals surface area contributed by atoms with Crippen LogP contribution in [0, 0.1) is 0 Å². The zero-order valence-electron chi connectivity index (χ0n) is 13.2. The minimum atomic E-state index is -4.51. The Labute approximate surface area is 144 Å². The first-order valence-corrected chi connectivity index (χ1v) is 7.40. The number of anilines is 1. The third-order valence-corrected chi connectivity index (χ3v) is 3.44. The highest BCUT2D eigenvalue weighted by molar-refractivity contribution is 5.90. The summed E-state index contributed by atoms with van der Waals surface area (Å²) in [7, 11) is 0. The second kappa shape index (κ2) is 6.87. The van der Waals surface area contributed by atoms with Crippen molar-refractivity contribution >= 4 is 11.6 Å². The maximum Gasteiger partial charge on any atom is 0.416 e. The molecule has 0 bridgehead atoms. The van der Waals surface area contributed by atoms with Gasteiger partial charge >= 0.3 is 6.18 Å². The molecule has 3 aromatic rings. The topological polar surface area (TPSA) is 77.1 Å². The van der Waals surface area contributed by atoms with E-state index in [1.807, 2.05) is 0 Å². The number of carbonyl (C=O) groups is 1. The van der Waals surface area contributed by atoms with E-state index < -0.39 is 23.2 Å². The molecule has 0 atom stereocenters. The molecule has 1 N–H and O–H groups in total. The summed E-state index contributed by atoms with van der Waals surface area (Å²) in [5, 5.41) is 2.33. The van der Waals surface area contributed by atoms with E-state index in [-0.39, 0.29) is 12.2 Å².